The predicted molar refractivity (Wildman–Crippen MR) is 111 cm³/mol. The summed E-state index contributed by atoms with van der Waals surface area (Å²) in [6.07, 6.45) is 2.40. The molecule has 1 aromatic heterocycles. The van der Waals surface area contributed by atoms with Crippen LogP contribution < -0.4 is 10.5 Å². The molecule has 0 atom stereocenters. The number of carbonyl (C=O) groups excluding carboxylic acids is 1. The van der Waals surface area contributed by atoms with E-state index in [-0.39, 0.29) is 17.3 Å². The molecule has 29 heavy (non-hydrogen) atoms. The first kappa shape index (κ1) is 18.9. The molecule has 2 aromatic carbocycles. The summed E-state index contributed by atoms with van der Waals surface area (Å²) in [5, 5.41) is 0. The minimum Gasteiger partial charge on any atom is -0.378 e. The van der Waals surface area contributed by atoms with Gasteiger partial charge in [-0.2, -0.15) is 0 Å². The van der Waals surface area contributed by atoms with Gasteiger partial charge >= 0.3 is 0 Å². The summed E-state index contributed by atoms with van der Waals surface area (Å²) in [6, 6.07) is 14.9. The molecule has 4 rings (SSSR count). The van der Waals surface area contributed by atoms with Gasteiger partial charge in [0.05, 0.1) is 0 Å². The Morgan fingerprint density at radius 3 is 2.34 bits per heavy atom. The molecule has 5 nitrogen and oxygen atoms in total. The van der Waals surface area contributed by atoms with Gasteiger partial charge in [0.2, 0.25) is 0 Å². The van der Waals surface area contributed by atoms with E-state index >= 15 is 0 Å². The van der Waals surface area contributed by atoms with E-state index in [9.17, 15) is 14.0 Å². The Bertz CT molecular complexity index is 1100. The Kier molecular flexibility index (Phi) is 4.92. The number of hydrogen-bond acceptors (Lipinski definition) is 3. The SMILES string of the molecule is CN(C)c1ccc(C(=O)N2CCc3cc(=O)n(-c4ccc(F)cc4)cc3C2)cc1. The summed E-state index contributed by atoms with van der Waals surface area (Å²) in [7, 11) is 3.91. The number of nitrogens with zero attached hydrogens (tertiary/aromatic N) is 3. The maximum atomic E-state index is 13.2. The van der Waals surface area contributed by atoms with Crippen molar-refractivity contribution < 1.29 is 9.18 Å². The molecule has 0 bridgehead atoms. The lowest BCUT2D eigenvalue weighted by Crippen LogP contribution is -2.37. The van der Waals surface area contributed by atoms with E-state index < -0.39 is 0 Å². The van der Waals surface area contributed by atoms with Crippen LogP contribution in [0.1, 0.15) is 21.5 Å². The van der Waals surface area contributed by atoms with E-state index in [0.717, 1.165) is 16.8 Å². The highest BCUT2D eigenvalue weighted by Gasteiger charge is 2.23. The van der Waals surface area contributed by atoms with Gasteiger partial charge in [0.15, 0.2) is 0 Å². The number of aromatic nitrogens is 1. The van der Waals surface area contributed by atoms with Gasteiger partial charge in [-0.3, -0.25) is 14.2 Å². The second-order valence-corrected chi connectivity index (χ2v) is 7.43. The third-order valence-corrected chi connectivity index (χ3v) is 5.27. The van der Waals surface area contributed by atoms with Crippen LogP contribution >= 0.6 is 0 Å². The highest BCUT2D eigenvalue weighted by atomic mass is 19.1. The summed E-state index contributed by atoms with van der Waals surface area (Å²) in [5.74, 6) is -0.377. The average molecular weight is 391 g/mol. The van der Waals surface area contributed by atoms with Crippen LogP contribution in [0.4, 0.5) is 10.1 Å². The van der Waals surface area contributed by atoms with E-state index in [1.54, 1.807) is 29.3 Å². The van der Waals surface area contributed by atoms with E-state index in [1.165, 1.54) is 16.7 Å². The molecular weight excluding hydrogens is 369 g/mol. The van der Waals surface area contributed by atoms with Gasteiger partial charge in [0.1, 0.15) is 5.82 Å². The van der Waals surface area contributed by atoms with Gasteiger partial charge in [0, 0.05) is 56.4 Å². The van der Waals surface area contributed by atoms with Crippen LogP contribution in [0.15, 0.2) is 65.6 Å². The fourth-order valence-corrected chi connectivity index (χ4v) is 3.59. The molecule has 0 radical (unpaired) electrons. The van der Waals surface area contributed by atoms with Crippen molar-refractivity contribution in [3.8, 4) is 5.69 Å². The highest BCUT2D eigenvalue weighted by molar-refractivity contribution is 5.94. The third kappa shape index (κ3) is 3.78. The lowest BCUT2D eigenvalue weighted by molar-refractivity contribution is 0.0734. The second-order valence-electron chi connectivity index (χ2n) is 7.43. The maximum Gasteiger partial charge on any atom is 0.255 e. The molecule has 0 unspecified atom stereocenters. The fourth-order valence-electron chi connectivity index (χ4n) is 3.59. The first-order valence-corrected chi connectivity index (χ1v) is 9.49. The molecule has 0 spiro atoms. The zero-order chi connectivity index (χ0) is 20.5. The van der Waals surface area contributed by atoms with Gasteiger partial charge in [0.25, 0.3) is 11.5 Å². The van der Waals surface area contributed by atoms with E-state index in [0.29, 0.717) is 30.8 Å². The zero-order valence-electron chi connectivity index (χ0n) is 16.4. The van der Waals surface area contributed by atoms with Crippen molar-refractivity contribution in [1.29, 1.82) is 0 Å². The van der Waals surface area contributed by atoms with E-state index in [2.05, 4.69) is 0 Å². The van der Waals surface area contributed by atoms with Crippen LogP contribution in [0.5, 0.6) is 0 Å². The van der Waals surface area contributed by atoms with Crippen molar-refractivity contribution in [2.45, 2.75) is 13.0 Å². The highest BCUT2D eigenvalue weighted by Crippen LogP contribution is 2.21. The van der Waals surface area contributed by atoms with Gasteiger partial charge in [-0.1, -0.05) is 0 Å². The molecule has 0 N–H and O–H groups in total. The van der Waals surface area contributed by atoms with Crippen LogP contribution in [0, 0.1) is 5.82 Å². The van der Waals surface area contributed by atoms with Crippen molar-refractivity contribution in [3.63, 3.8) is 0 Å². The third-order valence-electron chi connectivity index (χ3n) is 5.27. The Morgan fingerprint density at radius 2 is 1.69 bits per heavy atom. The standard InChI is InChI=1S/C23H22FN3O2/c1-25(2)20-7-3-16(4-8-20)23(29)26-12-11-17-13-22(28)27(15-18(17)14-26)21-9-5-19(24)6-10-21/h3-10,13,15H,11-12,14H2,1-2H3. The minimum absolute atomic E-state index is 0.0273. The number of fused-ring (bicyclic) bond motifs is 1. The lowest BCUT2D eigenvalue weighted by atomic mass is 10.0. The lowest BCUT2D eigenvalue weighted by Gasteiger charge is -2.29. The Morgan fingerprint density at radius 1 is 1.00 bits per heavy atom. The summed E-state index contributed by atoms with van der Waals surface area (Å²) in [4.78, 5) is 29.2. The fraction of sp³-hybridized carbons (Fsp3) is 0.217. The molecule has 2 heterocycles. The van der Waals surface area contributed by atoms with Crippen LogP contribution in [0.2, 0.25) is 0 Å². The second kappa shape index (κ2) is 7.54. The Hall–Kier alpha value is -3.41. The van der Waals surface area contributed by atoms with Gasteiger partial charge in [-0.15, -0.1) is 0 Å². The molecule has 148 valence electrons. The number of rotatable bonds is 3. The molecule has 3 aromatic rings. The molecule has 1 aliphatic rings. The summed E-state index contributed by atoms with van der Waals surface area (Å²) in [5.41, 5.74) is 4.01. The van der Waals surface area contributed by atoms with Crippen molar-refractivity contribution in [3.05, 3.63) is 93.7 Å². The van der Waals surface area contributed by atoms with E-state index in [1.807, 2.05) is 43.3 Å². The van der Waals surface area contributed by atoms with Crippen molar-refractivity contribution in [2.24, 2.45) is 0 Å². The largest absolute Gasteiger partial charge is 0.378 e. The zero-order valence-corrected chi connectivity index (χ0v) is 16.4. The average Bonchev–Trinajstić information content (AvgIpc) is 2.73. The number of pyridine rings is 1. The van der Waals surface area contributed by atoms with Gasteiger partial charge in [-0.25, -0.2) is 4.39 Å². The quantitative estimate of drug-likeness (QED) is 0.689. The van der Waals surface area contributed by atoms with E-state index in [4.69, 9.17) is 0 Å². The van der Waals surface area contributed by atoms with Crippen LogP contribution in [-0.2, 0) is 13.0 Å². The molecule has 1 amide bonds. The topological polar surface area (TPSA) is 45.6 Å². The summed E-state index contributed by atoms with van der Waals surface area (Å²) < 4.78 is 14.7. The smallest absolute Gasteiger partial charge is 0.255 e. The Labute approximate surface area is 168 Å². The number of amides is 1. The molecule has 6 heteroatoms. The maximum absolute atomic E-state index is 13.2. The first-order valence-electron chi connectivity index (χ1n) is 9.49. The number of halogens is 1. The van der Waals surface area contributed by atoms with Crippen LogP contribution in [0.25, 0.3) is 5.69 Å². The van der Waals surface area contributed by atoms with Crippen molar-refractivity contribution >= 4 is 11.6 Å². The van der Waals surface area contributed by atoms with Crippen LogP contribution in [-0.4, -0.2) is 36.0 Å². The number of hydrogen-bond donors (Lipinski definition) is 0. The summed E-state index contributed by atoms with van der Waals surface area (Å²) >= 11 is 0. The normalized spacial score (nSPS) is 13.1. The molecular formula is C23H22FN3O2. The van der Waals surface area contributed by atoms with Crippen LogP contribution in [0.3, 0.4) is 0 Å². The van der Waals surface area contributed by atoms with Crippen molar-refractivity contribution in [1.82, 2.24) is 9.47 Å². The predicted octanol–water partition coefficient (Wildman–Crippen LogP) is 3.24. The van der Waals surface area contributed by atoms with Crippen molar-refractivity contribution in [2.75, 3.05) is 25.5 Å². The molecule has 1 aliphatic heterocycles. The molecule has 0 fully saturated rings. The number of anilines is 1. The summed E-state index contributed by atoms with van der Waals surface area (Å²) in [6.45, 7) is 1.01. The Balaban J connectivity index is 1.60. The monoisotopic (exact) mass is 391 g/mol. The van der Waals surface area contributed by atoms with Gasteiger partial charge < -0.3 is 9.80 Å². The van der Waals surface area contributed by atoms with Gasteiger partial charge in [-0.05, 0) is 66.1 Å². The molecule has 0 saturated carbocycles. The number of carbonyl (C=O) groups is 1. The number of benzene rings is 2. The molecule has 0 aliphatic carbocycles. The minimum atomic E-state index is -0.350. The first-order chi connectivity index (χ1) is 13.9. The molecule has 0 saturated heterocycles.